The molecule has 1 amide bonds. The zero-order chi connectivity index (χ0) is 22.6. The number of alkyl halides is 1. The van der Waals surface area contributed by atoms with Gasteiger partial charge in [-0.2, -0.15) is 0 Å². The fraction of sp³-hybridized carbons (Fsp3) is 0.375. The number of halogens is 2. The molecular weight excluding hydrogens is 451 g/mol. The Bertz CT molecular complexity index is 1240. The average molecular weight is 475 g/mol. The topological polar surface area (TPSA) is 66.5 Å². The van der Waals surface area contributed by atoms with E-state index in [1.807, 2.05) is 19.1 Å². The van der Waals surface area contributed by atoms with Gasteiger partial charge in [0.05, 0.1) is 10.9 Å². The monoisotopic (exact) mass is 474 g/mol. The molecule has 0 saturated heterocycles. The lowest BCUT2D eigenvalue weighted by atomic mass is 9.85. The molecule has 3 aliphatic rings. The SMILES string of the molecule is C[C@H]1CC2=C(Cc3ccccc32)[C@H](c2ccc(S(=O)(=O)NC3CC3)cc2F)N1C(=O)CCl. The van der Waals surface area contributed by atoms with Crippen LogP contribution in [0.1, 0.15) is 48.9 Å². The highest BCUT2D eigenvalue weighted by Crippen LogP contribution is 2.49. The summed E-state index contributed by atoms with van der Waals surface area (Å²) in [4.78, 5) is 14.4. The molecule has 2 atom stereocenters. The Morgan fingerprint density at radius 1 is 1.22 bits per heavy atom. The molecule has 1 N–H and O–H groups in total. The number of rotatable bonds is 5. The third-order valence-corrected chi connectivity index (χ3v) is 8.32. The number of amides is 1. The fourth-order valence-corrected chi connectivity index (χ4v) is 6.41. The van der Waals surface area contributed by atoms with Gasteiger partial charge < -0.3 is 4.90 Å². The molecule has 0 unspecified atom stereocenters. The quantitative estimate of drug-likeness (QED) is 0.661. The summed E-state index contributed by atoms with van der Waals surface area (Å²) in [5.74, 6) is -1.10. The second-order valence-electron chi connectivity index (χ2n) is 8.81. The maximum atomic E-state index is 15.5. The molecule has 1 heterocycles. The second-order valence-corrected chi connectivity index (χ2v) is 10.8. The molecule has 5 rings (SSSR count). The number of hydrogen-bond donors (Lipinski definition) is 1. The minimum Gasteiger partial charge on any atom is -0.328 e. The van der Waals surface area contributed by atoms with Gasteiger partial charge in [0.25, 0.3) is 0 Å². The summed E-state index contributed by atoms with van der Waals surface area (Å²) in [5, 5.41) is 0. The maximum absolute atomic E-state index is 15.5. The molecular formula is C24H24ClFN2O3S. The van der Waals surface area contributed by atoms with Gasteiger partial charge in [0.15, 0.2) is 0 Å². The van der Waals surface area contributed by atoms with Crippen LogP contribution in [0.15, 0.2) is 52.9 Å². The molecule has 1 fully saturated rings. The second kappa shape index (κ2) is 7.97. The first-order chi connectivity index (χ1) is 15.3. The van der Waals surface area contributed by atoms with E-state index < -0.39 is 21.9 Å². The lowest BCUT2D eigenvalue weighted by molar-refractivity contribution is -0.132. The van der Waals surface area contributed by atoms with Gasteiger partial charge in [-0.15, -0.1) is 11.6 Å². The van der Waals surface area contributed by atoms with Crippen molar-refractivity contribution in [3.8, 4) is 0 Å². The zero-order valence-electron chi connectivity index (χ0n) is 17.6. The Balaban J connectivity index is 1.60. The summed E-state index contributed by atoms with van der Waals surface area (Å²) >= 11 is 5.93. The van der Waals surface area contributed by atoms with Crippen LogP contribution in [0.5, 0.6) is 0 Å². The molecule has 32 heavy (non-hydrogen) atoms. The Kier molecular flexibility index (Phi) is 5.39. The molecule has 1 saturated carbocycles. The zero-order valence-corrected chi connectivity index (χ0v) is 19.2. The lowest BCUT2D eigenvalue weighted by Gasteiger charge is -2.42. The highest BCUT2D eigenvalue weighted by atomic mass is 35.5. The van der Waals surface area contributed by atoms with Crippen molar-refractivity contribution in [3.63, 3.8) is 0 Å². The van der Waals surface area contributed by atoms with E-state index in [1.54, 1.807) is 4.90 Å². The highest BCUT2D eigenvalue weighted by molar-refractivity contribution is 7.89. The summed E-state index contributed by atoms with van der Waals surface area (Å²) in [6, 6.07) is 11.2. The van der Waals surface area contributed by atoms with Crippen LogP contribution in [0.2, 0.25) is 0 Å². The number of fused-ring (bicyclic) bond motifs is 2. The van der Waals surface area contributed by atoms with E-state index in [0.717, 1.165) is 41.2 Å². The summed E-state index contributed by atoms with van der Waals surface area (Å²) in [5.41, 5.74) is 4.71. The van der Waals surface area contributed by atoms with Gasteiger partial charge in [0.2, 0.25) is 15.9 Å². The molecule has 168 valence electrons. The lowest BCUT2D eigenvalue weighted by Crippen LogP contribution is -2.45. The molecule has 8 heteroatoms. The van der Waals surface area contributed by atoms with Crippen LogP contribution in [-0.2, 0) is 21.2 Å². The van der Waals surface area contributed by atoms with Gasteiger partial charge in [-0.3, -0.25) is 4.79 Å². The first-order valence-corrected chi connectivity index (χ1v) is 12.8. The summed E-state index contributed by atoms with van der Waals surface area (Å²) in [7, 11) is -3.78. The van der Waals surface area contributed by atoms with E-state index in [2.05, 4.69) is 16.9 Å². The predicted molar refractivity (Wildman–Crippen MR) is 121 cm³/mol. The number of carbonyl (C=O) groups excluding carboxylic acids is 1. The van der Waals surface area contributed by atoms with Gasteiger partial charge in [-0.25, -0.2) is 17.5 Å². The van der Waals surface area contributed by atoms with Crippen molar-refractivity contribution in [1.82, 2.24) is 9.62 Å². The third kappa shape index (κ3) is 3.66. The van der Waals surface area contributed by atoms with Crippen LogP contribution in [0, 0.1) is 5.82 Å². The number of sulfonamides is 1. The number of nitrogens with zero attached hydrogens (tertiary/aromatic N) is 1. The van der Waals surface area contributed by atoms with E-state index in [1.165, 1.54) is 12.1 Å². The van der Waals surface area contributed by atoms with Gasteiger partial charge in [0, 0.05) is 17.6 Å². The molecule has 0 radical (unpaired) electrons. The minimum atomic E-state index is -3.78. The van der Waals surface area contributed by atoms with Gasteiger partial charge in [-0.05, 0) is 67.0 Å². The van der Waals surface area contributed by atoms with Crippen molar-refractivity contribution in [3.05, 3.63) is 70.5 Å². The Labute approximate surface area is 192 Å². The van der Waals surface area contributed by atoms with Crippen LogP contribution < -0.4 is 4.72 Å². The maximum Gasteiger partial charge on any atom is 0.240 e. The van der Waals surface area contributed by atoms with E-state index in [-0.39, 0.29) is 28.8 Å². The fourth-order valence-electron chi connectivity index (χ4n) is 4.95. The van der Waals surface area contributed by atoms with E-state index in [4.69, 9.17) is 11.6 Å². The van der Waals surface area contributed by atoms with Crippen LogP contribution in [-0.4, -0.2) is 37.2 Å². The Hall–Kier alpha value is -2.22. The average Bonchev–Trinajstić information content (AvgIpc) is 3.50. The normalized spacial score (nSPS) is 22.7. The minimum absolute atomic E-state index is 0.0662. The number of carbonyl (C=O) groups is 1. The van der Waals surface area contributed by atoms with Gasteiger partial charge in [-0.1, -0.05) is 30.3 Å². The Morgan fingerprint density at radius 2 is 1.97 bits per heavy atom. The molecule has 2 aromatic carbocycles. The van der Waals surface area contributed by atoms with Crippen molar-refractivity contribution >= 4 is 33.1 Å². The number of benzene rings is 2. The first-order valence-electron chi connectivity index (χ1n) is 10.8. The molecule has 5 nitrogen and oxygen atoms in total. The van der Waals surface area contributed by atoms with Crippen LogP contribution in [0.3, 0.4) is 0 Å². The third-order valence-electron chi connectivity index (χ3n) is 6.57. The number of nitrogens with one attached hydrogen (secondary N) is 1. The first kappa shape index (κ1) is 21.6. The van der Waals surface area contributed by atoms with E-state index >= 15 is 4.39 Å². The van der Waals surface area contributed by atoms with Crippen molar-refractivity contribution < 1.29 is 17.6 Å². The summed E-state index contributed by atoms with van der Waals surface area (Å²) < 4.78 is 43.2. The predicted octanol–water partition coefficient (Wildman–Crippen LogP) is 4.18. The van der Waals surface area contributed by atoms with E-state index in [0.29, 0.717) is 18.4 Å². The molecule has 0 spiro atoms. The largest absolute Gasteiger partial charge is 0.328 e. The summed E-state index contributed by atoms with van der Waals surface area (Å²) in [6.07, 6.45) is 2.89. The molecule has 0 bridgehead atoms. The smallest absolute Gasteiger partial charge is 0.240 e. The molecule has 0 aromatic heterocycles. The van der Waals surface area contributed by atoms with Crippen molar-refractivity contribution in [2.75, 3.05) is 5.88 Å². The van der Waals surface area contributed by atoms with Gasteiger partial charge in [0.1, 0.15) is 11.7 Å². The van der Waals surface area contributed by atoms with Crippen LogP contribution in [0.4, 0.5) is 4.39 Å². The number of hydrogen-bond acceptors (Lipinski definition) is 3. The summed E-state index contributed by atoms with van der Waals surface area (Å²) in [6.45, 7) is 1.94. The van der Waals surface area contributed by atoms with Gasteiger partial charge >= 0.3 is 0 Å². The van der Waals surface area contributed by atoms with Crippen molar-refractivity contribution in [1.29, 1.82) is 0 Å². The van der Waals surface area contributed by atoms with Crippen molar-refractivity contribution in [2.45, 2.75) is 55.6 Å². The molecule has 1 aliphatic heterocycles. The standard InChI is InChI=1S/C24H24ClFN2O3S/c1-14-10-20-18-5-3-2-4-15(18)11-21(20)24(28(14)23(29)13-25)19-9-8-17(12-22(19)26)32(30,31)27-16-6-7-16/h2-5,8-9,12,14,16,24,27H,6-7,10-11,13H2,1H3/t14-,24-/m0/s1. The molecule has 2 aliphatic carbocycles. The van der Waals surface area contributed by atoms with Crippen molar-refractivity contribution in [2.24, 2.45) is 0 Å². The highest BCUT2D eigenvalue weighted by Gasteiger charge is 2.42. The van der Waals surface area contributed by atoms with Crippen LogP contribution in [0.25, 0.3) is 5.57 Å². The molecule has 2 aromatic rings. The Morgan fingerprint density at radius 3 is 2.66 bits per heavy atom. The van der Waals surface area contributed by atoms with Crippen LogP contribution >= 0.6 is 11.6 Å². The van der Waals surface area contributed by atoms with E-state index in [9.17, 15) is 13.2 Å².